The Balaban J connectivity index is 1.84. The lowest BCUT2D eigenvalue weighted by molar-refractivity contribution is 0.0952. The largest absolute Gasteiger partial charge is 0.352 e. The first-order chi connectivity index (χ1) is 13.3. The topological polar surface area (TPSA) is 66.5 Å². The summed E-state index contributed by atoms with van der Waals surface area (Å²) in [6.45, 7) is 7.26. The highest BCUT2D eigenvalue weighted by atomic mass is 32.2. The Morgan fingerprint density at radius 2 is 1.86 bits per heavy atom. The molecule has 0 radical (unpaired) electrons. The van der Waals surface area contributed by atoms with Crippen LogP contribution in [0.1, 0.15) is 48.2 Å². The molecule has 150 valence electrons. The van der Waals surface area contributed by atoms with Crippen LogP contribution in [0.3, 0.4) is 0 Å². The number of hydrogen-bond acceptors (Lipinski definition) is 3. The van der Waals surface area contributed by atoms with Crippen LogP contribution in [0.15, 0.2) is 47.4 Å². The van der Waals surface area contributed by atoms with Crippen molar-refractivity contribution in [3.63, 3.8) is 0 Å². The number of nitrogens with one attached hydrogen (secondary N) is 1. The van der Waals surface area contributed by atoms with Crippen LogP contribution in [0.25, 0.3) is 0 Å². The Kier molecular flexibility index (Phi) is 6.08. The number of amides is 1. The summed E-state index contributed by atoms with van der Waals surface area (Å²) in [5, 5.41) is 2.94. The molecule has 0 aromatic heterocycles. The molecule has 0 fully saturated rings. The monoisotopic (exact) mass is 400 g/mol. The molecule has 5 nitrogen and oxygen atoms in total. The van der Waals surface area contributed by atoms with Crippen LogP contribution >= 0.6 is 0 Å². The number of hydrogen-bond donors (Lipinski definition) is 1. The molecule has 2 aromatic rings. The minimum Gasteiger partial charge on any atom is -0.352 e. The number of benzene rings is 2. The van der Waals surface area contributed by atoms with Gasteiger partial charge >= 0.3 is 0 Å². The normalized spacial score (nSPS) is 14.1. The first-order valence-corrected chi connectivity index (χ1v) is 11.2. The quantitative estimate of drug-likeness (QED) is 0.799. The summed E-state index contributed by atoms with van der Waals surface area (Å²) in [7, 11) is -3.62. The van der Waals surface area contributed by atoms with Crippen LogP contribution in [-0.4, -0.2) is 27.4 Å². The Hall–Kier alpha value is -2.34. The number of carbonyl (C=O) groups is 1. The van der Waals surface area contributed by atoms with Crippen molar-refractivity contribution in [3.8, 4) is 0 Å². The highest BCUT2D eigenvalue weighted by Crippen LogP contribution is 2.32. The lowest BCUT2D eigenvalue weighted by atomic mass is 10.0. The van der Waals surface area contributed by atoms with Gasteiger partial charge in [-0.25, -0.2) is 8.42 Å². The number of anilines is 1. The third-order valence-electron chi connectivity index (χ3n) is 5.03. The van der Waals surface area contributed by atoms with Gasteiger partial charge in [0, 0.05) is 18.7 Å². The summed E-state index contributed by atoms with van der Waals surface area (Å²) in [5.41, 5.74) is 3.17. The van der Waals surface area contributed by atoms with E-state index in [0.717, 1.165) is 30.4 Å². The Morgan fingerprint density at radius 3 is 2.54 bits per heavy atom. The third kappa shape index (κ3) is 4.38. The maximum Gasteiger partial charge on any atom is 0.264 e. The van der Waals surface area contributed by atoms with E-state index in [0.29, 0.717) is 35.2 Å². The van der Waals surface area contributed by atoms with Crippen molar-refractivity contribution < 1.29 is 13.2 Å². The van der Waals surface area contributed by atoms with E-state index in [2.05, 4.69) is 19.2 Å². The molecule has 1 aliphatic rings. The van der Waals surface area contributed by atoms with E-state index in [4.69, 9.17) is 0 Å². The van der Waals surface area contributed by atoms with Crippen molar-refractivity contribution >= 4 is 21.6 Å². The summed E-state index contributed by atoms with van der Waals surface area (Å²) in [6.07, 6.45) is 2.43. The van der Waals surface area contributed by atoms with Gasteiger partial charge in [0.25, 0.3) is 15.9 Å². The molecule has 0 atom stereocenters. The fourth-order valence-corrected chi connectivity index (χ4v) is 4.91. The maximum atomic E-state index is 13.1. The van der Waals surface area contributed by atoms with Crippen LogP contribution in [-0.2, 0) is 16.4 Å². The zero-order valence-electron chi connectivity index (χ0n) is 16.7. The van der Waals surface area contributed by atoms with Gasteiger partial charge in [0.1, 0.15) is 0 Å². The van der Waals surface area contributed by atoms with E-state index in [1.54, 1.807) is 24.3 Å². The van der Waals surface area contributed by atoms with Gasteiger partial charge in [-0.1, -0.05) is 31.5 Å². The molecular formula is C22H28N2O3S. The fourth-order valence-electron chi connectivity index (χ4n) is 3.37. The molecule has 1 heterocycles. The lowest BCUT2D eigenvalue weighted by Gasteiger charge is -2.30. The van der Waals surface area contributed by atoms with Crippen molar-refractivity contribution in [2.24, 2.45) is 5.92 Å². The van der Waals surface area contributed by atoms with Crippen molar-refractivity contribution in [1.29, 1.82) is 0 Å². The van der Waals surface area contributed by atoms with Gasteiger partial charge in [0.2, 0.25) is 0 Å². The lowest BCUT2D eigenvalue weighted by Crippen LogP contribution is -2.35. The van der Waals surface area contributed by atoms with Crippen LogP contribution < -0.4 is 9.62 Å². The van der Waals surface area contributed by atoms with Gasteiger partial charge < -0.3 is 5.32 Å². The van der Waals surface area contributed by atoms with Gasteiger partial charge in [0.05, 0.1) is 10.6 Å². The fraction of sp³-hybridized carbons (Fsp3) is 0.409. The maximum absolute atomic E-state index is 13.1. The smallest absolute Gasteiger partial charge is 0.264 e. The van der Waals surface area contributed by atoms with Crippen molar-refractivity contribution in [3.05, 3.63) is 59.2 Å². The van der Waals surface area contributed by atoms with E-state index >= 15 is 0 Å². The number of rotatable bonds is 6. The predicted molar refractivity (Wildman–Crippen MR) is 112 cm³/mol. The van der Waals surface area contributed by atoms with Crippen molar-refractivity contribution in [1.82, 2.24) is 5.32 Å². The van der Waals surface area contributed by atoms with Gasteiger partial charge in [-0.3, -0.25) is 9.10 Å². The standard InChI is InChI=1S/C22H28N2O3S/c1-16(2)12-13-23-22(25)19-8-11-21-18(15-19)5-4-14-24(21)28(26,27)20-9-6-17(3)7-10-20/h6-11,15-16H,4-5,12-14H2,1-3H3,(H,23,25). The predicted octanol–water partition coefficient (Wildman–Crippen LogP) is 3.91. The van der Waals surface area contributed by atoms with E-state index in [-0.39, 0.29) is 5.91 Å². The number of fused-ring (bicyclic) bond motifs is 1. The zero-order chi connectivity index (χ0) is 20.3. The molecule has 0 spiro atoms. The van der Waals surface area contributed by atoms with Crippen LogP contribution in [0.5, 0.6) is 0 Å². The van der Waals surface area contributed by atoms with Crippen LogP contribution in [0.4, 0.5) is 5.69 Å². The summed E-state index contributed by atoms with van der Waals surface area (Å²) >= 11 is 0. The van der Waals surface area contributed by atoms with Crippen molar-refractivity contribution in [2.75, 3.05) is 17.4 Å². The zero-order valence-corrected chi connectivity index (χ0v) is 17.6. The van der Waals surface area contributed by atoms with Crippen LogP contribution in [0, 0.1) is 12.8 Å². The SMILES string of the molecule is Cc1ccc(S(=O)(=O)N2CCCc3cc(C(=O)NCCC(C)C)ccc32)cc1. The van der Waals surface area contributed by atoms with E-state index < -0.39 is 10.0 Å². The second-order valence-corrected chi connectivity index (χ2v) is 9.64. The summed E-state index contributed by atoms with van der Waals surface area (Å²) in [5.74, 6) is 0.423. The van der Waals surface area contributed by atoms with Gasteiger partial charge in [-0.2, -0.15) is 0 Å². The second-order valence-electron chi connectivity index (χ2n) is 7.78. The molecule has 3 rings (SSSR count). The molecular weight excluding hydrogens is 372 g/mol. The summed E-state index contributed by atoms with van der Waals surface area (Å²) in [4.78, 5) is 12.7. The average molecular weight is 401 g/mol. The van der Waals surface area contributed by atoms with Gasteiger partial charge in [0.15, 0.2) is 0 Å². The van der Waals surface area contributed by atoms with E-state index in [1.807, 2.05) is 25.1 Å². The molecule has 6 heteroatoms. The molecule has 0 unspecified atom stereocenters. The summed E-state index contributed by atoms with van der Waals surface area (Å²) < 4.78 is 27.7. The summed E-state index contributed by atoms with van der Waals surface area (Å²) in [6, 6.07) is 12.2. The van der Waals surface area contributed by atoms with E-state index in [9.17, 15) is 13.2 Å². The molecule has 2 aromatic carbocycles. The second kappa shape index (κ2) is 8.35. The average Bonchev–Trinajstić information content (AvgIpc) is 2.67. The minimum atomic E-state index is -3.62. The Labute approximate surface area is 167 Å². The highest BCUT2D eigenvalue weighted by Gasteiger charge is 2.29. The number of nitrogens with zero attached hydrogens (tertiary/aromatic N) is 1. The number of aryl methyl sites for hydroxylation is 2. The molecule has 0 aliphatic carbocycles. The number of sulfonamides is 1. The first kappa shape index (κ1) is 20.4. The molecule has 1 aliphatic heterocycles. The Morgan fingerprint density at radius 1 is 1.14 bits per heavy atom. The highest BCUT2D eigenvalue weighted by molar-refractivity contribution is 7.92. The molecule has 0 saturated heterocycles. The molecule has 28 heavy (non-hydrogen) atoms. The first-order valence-electron chi connectivity index (χ1n) is 9.79. The third-order valence-corrected chi connectivity index (χ3v) is 6.86. The van der Waals surface area contributed by atoms with Crippen molar-refractivity contribution in [2.45, 2.75) is 44.9 Å². The van der Waals surface area contributed by atoms with E-state index in [1.165, 1.54) is 4.31 Å². The van der Waals surface area contributed by atoms with Gasteiger partial charge in [-0.15, -0.1) is 0 Å². The Bertz CT molecular complexity index is 950. The van der Waals surface area contributed by atoms with Gasteiger partial charge in [-0.05, 0) is 68.0 Å². The molecule has 1 N–H and O–H groups in total. The molecule has 0 bridgehead atoms. The van der Waals surface area contributed by atoms with Crippen LogP contribution in [0.2, 0.25) is 0 Å². The molecule has 1 amide bonds. The molecule has 0 saturated carbocycles. The minimum absolute atomic E-state index is 0.109. The number of carbonyl (C=O) groups excluding carboxylic acids is 1.